The Balaban J connectivity index is 2.07. The minimum atomic E-state index is -0.304. The Labute approximate surface area is 122 Å². The molecular formula is C15H15N3O3. The van der Waals surface area contributed by atoms with Gasteiger partial charge in [-0.05, 0) is 11.6 Å². The quantitative estimate of drug-likeness (QED) is 0.852. The van der Waals surface area contributed by atoms with Gasteiger partial charge in [-0.3, -0.25) is 4.79 Å². The molecule has 0 spiro atoms. The van der Waals surface area contributed by atoms with E-state index in [0.29, 0.717) is 11.7 Å². The predicted octanol–water partition coefficient (Wildman–Crippen LogP) is 2.15. The lowest BCUT2D eigenvalue weighted by Crippen LogP contribution is -2.10. The molecule has 0 fully saturated rings. The molecule has 2 rings (SSSR count). The van der Waals surface area contributed by atoms with Crippen LogP contribution in [0, 0.1) is 0 Å². The van der Waals surface area contributed by atoms with Crippen molar-refractivity contribution in [3.63, 3.8) is 0 Å². The summed E-state index contributed by atoms with van der Waals surface area (Å²) in [5.41, 5.74) is 0.936. The molecule has 108 valence electrons. The first kappa shape index (κ1) is 14.5. The van der Waals surface area contributed by atoms with Gasteiger partial charge in [-0.1, -0.05) is 30.3 Å². The molecule has 6 nitrogen and oxygen atoms in total. The Morgan fingerprint density at radius 1 is 1.14 bits per heavy atom. The minimum Gasteiger partial charge on any atom is -0.481 e. The first-order valence-corrected chi connectivity index (χ1v) is 6.22. The molecule has 1 aromatic heterocycles. The van der Waals surface area contributed by atoms with E-state index in [1.54, 1.807) is 6.08 Å². The molecule has 0 aliphatic carbocycles. The van der Waals surface area contributed by atoms with Crippen LogP contribution >= 0.6 is 0 Å². The zero-order chi connectivity index (χ0) is 15.1. The van der Waals surface area contributed by atoms with E-state index < -0.39 is 0 Å². The number of nitrogens with zero attached hydrogens (tertiary/aromatic N) is 2. The molecule has 0 unspecified atom stereocenters. The van der Waals surface area contributed by atoms with Gasteiger partial charge >= 0.3 is 6.01 Å². The van der Waals surface area contributed by atoms with Crippen LogP contribution in [0.25, 0.3) is 6.08 Å². The fourth-order valence-electron chi connectivity index (χ4n) is 1.57. The molecule has 0 aliphatic rings. The molecule has 0 aliphatic heterocycles. The third kappa shape index (κ3) is 4.31. The van der Waals surface area contributed by atoms with Gasteiger partial charge in [0.15, 0.2) is 0 Å². The number of hydrogen-bond donors (Lipinski definition) is 1. The second kappa shape index (κ2) is 7.04. The molecular weight excluding hydrogens is 270 g/mol. The van der Waals surface area contributed by atoms with Crippen LogP contribution in [0.5, 0.6) is 11.9 Å². The average molecular weight is 285 g/mol. The van der Waals surface area contributed by atoms with Crippen molar-refractivity contribution in [2.24, 2.45) is 0 Å². The molecule has 1 aromatic carbocycles. The van der Waals surface area contributed by atoms with Crippen LogP contribution in [0.1, 0.15) is 5.56 Å². The maximum atomic E-state index is 11.8. The molecule has 6 heteroatoms. The number of aromatic nitrogens is 2. The van der Waals surface area contributed by atoms with Crippen molar-refractivity contribution in [1.29, 1.82) is 0 Å². The number of benzene rings is 1. The highest BCUT2D eigenvalue weighted by atomic mass is 16.5. The summed E-state index contributed by atoms with van der Waals surface area (Å²) in [6.45, 7) is 0. The summed E-state index contributed by atoms with van der Waals surface area (Å²) in [6, 6.07) is 11.2. The number of carbonyl (C=O) groups excluding carboxylic acids is 1. The van der Waals surface area contributed by atoms with E-state index in [0.717, 1.165) is 5.56 Å². The Bertz CT molecular complexity index is 620. The maximum Gasteiger partial charge on any atom is 0.321 e. The van der Waals surface area contributed by atoms with Gasteiger partial charge in [-0.15, -0.1) is 0 Å². The van der Waals surface area contributed by atoms with Crippen LogP contribution in [-0.4, -0.2) is 30.1 Å². The Hall–Kier alpha value is -2.89. The van der Waals surface area contributed by atoms with Gasteiger partial charge in [-0.25, -0.2) is 0 Å². The molecule has 2 aromatic rings. The van der Waals surface area contributed by atoms with Gasteiger partial charge in [0, 0.05) is 12.1 Å². The van der Waals surface area contributed by atoms with Crippen LogP contribution in [-0.2, 0) is 4.79 Å². The number of methoxy groups -OCH3 is 2. The molecule has 1 heterocycles. The minimum absolute atomic E-state index is 0.122. The third-order valence-corrected chi connectivity index (χ3v) is 2.55. The van der Waals surface area contributed by atoms with Crippen molar-refractivity contribution < 1.29 is 14.3 Å². The van der Waals surface area contributed by atoms with E-state index in [2.05, 4.69) is 15.3 Å². The van der Waals surface area contributed by atoms with Crippen molar-refractivity contribution in [3.8, 4) is 11.9 Å². The molecule has 1 amide bonds. The van der Waals surface area contributed by atoms with Crippen molar-refractivity contribution in [1.82, 2.24) is 9.97 Å². The first-order chi connectivity index (χ1) is 10.2. The molecule has 0 bridgehead atoms. The fraction of sp³-hybridized carbons (Fsp3) is 0.133. The monoisotopic (exact) mass is 285 g/mol. The number of rotatable bonds is 5. The molecule has 0 saturated carbocycles. The molecule has 21 heavy (non-hydrogen) atoms. The third-order valence-electron chi connectivity index (χ3n) is 2.55. The second-order valence-electron chi connectivity index (χ2n) is 4.02. The first-order valence-electron chi connectivity index (χ1n) is 6.22. The lowest BCUT2D eigenvalue weighted by molar-refractivity contribution is -0.111. The average Bonchev–Trinajstić information content (AvgIpc) is 2.53. The van der Waals surface area contributed by atoms with Crippen molar-refractivity contribution in [2.45, 2.75) is 0 Å². The summed E-state index contributed by atoms with van der Waals surface area (Å²) in [4.78, 5) is 19.8. The molecule has 1 N–H and O–H groups in total. The predicted molar refractivity (Wildman–Crippen MR) is 79.2 cm³/mol. The van der Waals surface area contributed by atoms with E-state index in [1.807, 2.05) is 30.3 Å². The lowest BCUT2D eigenvalue weighted by atomic mass is 10.2. The Kier molecular flexibility index (Phi) is 4.87. The van der Waals surface area contributed by atoms with Crippen molar-refractivity contribution in [3.05, 3.63) is 48.0 Å². The van der Waals surface area contributed by atoms with E-state index >= 15 is 0 Å². The number of carbonyl (C=O) groups is 1. The van der Waals surface area contributed by atoms with Gasteiger partial charge in [0.05, 0.1) is 14.2 Å². The van der Waals surface area contributed by atoms with Gasteiger partial charge in [0.25, 0.3) is 0 Å². The lowest BCUT2D eigenvalue weighted by Gasteiger charge is -2.06. The Morgan fingerprint density at radius 2 is 1.90 bits per heavy atom. The van der Waals surface area contributed by atoms with E-state index in [9.17, 15) is 4.79 Å². The summed E-state index contributed by atoms with van der Waals surface area (Å²) in [7, 11) is 2.92. The number of anilines is 1. The summed E-state index contributed by atoms with van der Waals surface area (Å²) in [5, 5.41) is 2.62. The highest BCUT2D eigenvalue weighted by Crippen LogP contribution is 2.16. The van der Waals surface area contributed by atoms with E-state index in [-0.39, 0.29) is 11.9 Å². The van der Waals surface area contributed by atoms with Crippen LogP contribution < -0.4 is 14.8 Å². The topological polar surface area (TPSA) is 73.3 Å². The van der Waals surface area contributed by atoms with Gasteiger partial charge < -0.3 is 14.8 Å². The van der Waals surface area contributed by atoms with Crippen molar-refractivity contribution in [2.75, 3.05) is 19.5 Å². The van der Waals surface area contributed by atoms with Crippen LogP contribution in [0.3, 0.4) is 0 Å². The van der Waals surface area contributed by atoms with E-state index in [4.69, 9.17) is 9.47 Å². The van der Waals surface area contributed by atoms with Crippen LogP contribution in [0.15, 0.2) is 42.5 Å². The highest BCUT2D eigenvalue weighted by molar-refractivity contribution is 6.01. The standard InChI is InChI=1S/C15H15N3O3/c1-20-14-10-12(17-15(18-14)21-2)16-13(19)9-8-11-6-4-3-5-7-11/h3-10H,1-2H3,(H,16,17,18,19)/b9-8+. The van der Waals surface area contributed by atoms with Crippen LogP contribution in [0.2, 0.25) is 0 Å². The number of hydrogen-bond acceptors (Lipinski definition) is 5. The largest absolute Gasteiger partial charge is 0.481 e. The normalized spacial score (nSPS) is 10.4. The van der Waals surface area contributed by atoms with Gasteiger partial charge in [0.2, 0.25) is 11.8 Å². The number of amides is 1. The van der Waals surface area contributed by atoms with E-state index in [1.165, 1.54) is 26.4 Å². The maximum absolute atomic E-state index is 11.8. The molecule has 0 radical (unpaired) electrons. The number of nitrogens with one attached hydrogen (secondary N) is 1. The smallest absolute Gasteiger partial charge is 0.321 e. The van der Waals surface area contributed by atoms with Crippen molar-refractivity contribution >= 4 is 17.8 Å². The van der Waals surface area contributed by atoms with Crippen LogP contribution in [0.4, 0.5) is 5.82 Å². The zero-order valence-electron chi connectivity index (χ0n) is 11.7. The summed E-state index contributed by atoms with van der Waals surface area (Å²) >= 11 is 0. The summed E-state index contributed by atoms with van der Waals surface area (Å²) in [6.07, 6.45) is 3.14. The van der Waals surface area contributed by atoms with Gasteiger partial charge in [0.1, 0.15) is 5.82 Å². The summed E-state index contributed by atoms with van der Waals surface area (Å²) < 4.78 is 9.94. The SMILES string of the molecule is COc1cc(NC(=O)/C=C/c2ccccc2)nc(OC)n1. The summed E-state index contributed by atoms with van der Waals surface area (Å²) in [5.74, 6) is 0.312. The zero-order valence-corrected chi connectivity index (χ0v) is 11.7. The molecule has 0 saturated heterocycles. The number of ether oxygens (including phenoxy) is 2. The Morgan fingerprint density at radius 3 is 2.57 bits per heavy atom. The second-order valence-corrected chi connectivity index (χ2v) is 4.02. The molecule has 0 atom stereocenters. The highest BCUT2D eigenvalue weighted by Gasteiger charge is 2.06. The fourth-order valence-corrected chi connectivity index (χ4v) is 1.57. The van der Waals surface area contributed by atoms with Gasteiger partial charge in [-0.2, -0.15) is 9.97 Å².